The van der Waals surface area contributed by atoms with Crippen molar-refractivity contribution in [3.05, 3.63) is 99.9 Å². The van der Waals surface area contributed by atoms with Crippen LogP contribution in [0.25, 0.3) is 0 Å². The van der Waals surface area contributed by atoms with E-state index in [-0.39, 0.29) is 144 Å². The molecule has 0 saturated heterocycles. The summed E-state index contributed by atoms with van der Waals surface area (Å²) in [6.45, 7) is 96.4. The van der Waals surface area contributed by atoms with Crippen LogP contribution in [0.15, 0.2) is 99.9 Å². The number of Topliss-reactive ketones (excluding diaryl/α,β-unsaturated/α-hetero) is 3. The van der Waals surface area contributed by atoms with Gasteiger partial charge in [0.2, 0.25) is 0 Å². The zero-order valence-corrected chi connectivity index (χ0v) is 99.7. The number of allylic oxidation sites excluding steroid dienone is 4. The summed E-state index contributed by atoms with van der Waals surface area (Å²) in [5.41, 5.74) is 2.51. The van der Waals surface area contributed by atoms with Crippen LogP contribution in [0.2, 0.25) is 93.7 Å². The van der Waals surface area contributed by atoms with E-state index in [1.807, 2.05) is 32.1 Å². The maximum absolute atomic E-state index is 14.7. The van der Waals surface area contributed by atoms with Crippen LogP contribution >= 0.6 is 0 Å². The molecule has 0 unspecified atom stereocenters. The first-order valence-corrected chi connectivity index (χ1v) is 70.3. The van der Waals surface area contributed by atoms with Crippen molar-refractivity contribution in [3.63, 3.8) is 0 Å². The van der Waals surface area contributed by atoms with Gasteiger partial charge in [0.1, 0.15) is 47.0 Å². The minimum Gasteiger partial charge on any atom is -0.413 e. The number of hydrogen-bond donors (Lipinski definition) is 7. The van der Waals surface area contributed by atoms with Crippen molar-refractivity contribution in [1.29, 1.82) is 0 Å². The number of carbonyl (C=O) groups excluding carboxylic acids is 4. The average molecular weight is 2020 g/mol. The van der Waals surface area contributed by atoms with Crippen LogP contribution in [0.5, 0.6) is 0 Å². The Labute approximate surface area is 852 Å². The van der Waals surface area contributed by atoms with E-state index in [0.29, 0.717) is 112 Å². The van der Waals surface area contributed by atoms with Crippen molar-refractivity contribution in [2.24, 2.45) is 168 Å². The molecule has 784 valence electrons. The van der Waals surface area contributed by atoms with E-state index in [1.165, 1.54) is 17.6 Å². The van der Waals surface area contributed by atoms with Gasteiger partial charge < -0.3 is 57.9 Å². The van der Waals surface area contributed by atoms with Crippen LogP contribution in [-0.2, 0) is 41.3 Å². The van der Waals surface area contributed by atoms with Gasteiger partial charge in [-0.25, -0.2) is 0 Å². The van der Waals surface area contributed by atoms with E-state index in [2.05, 4.69) is 281 Å². The zero-order valence-electron chi connectivity index (χ0n) is 94.7. The fourth-order valence-electron chi connectivity index (χ4n) is 32.5. The largest absolute Gasteiger partial charge is 0.413 e. The summed E-state index contributed by atoms with van der Waals surface area (Å²) in [6, 6.07) is 0. The molecule has 6 bridgehead atoms. The van der Waals surface area contributed by atoms with E-state index in [0.717, 1.165) is 50.0 Å². The smallest absolute Gasteiger partial charge is 0.192 e. The Kier molecular flexibility index (Phi) is 28.5. The standard InChI is InChI=1S/C27H46O3Si2.C27H46O3Si.C26H46O2Si2.C20H28O4.C19H26O4/c1-17-14-18-15-19(28)16-21(18)27(30-31(7,8)9)13-12-20-22(26(20,5)6)23(27)24(17)29-32(10,11)25(2,3)4;1-14-13-27-15(2)12-18-21(26(18,8)9)19(24(27)29)23(30-31(10,11)25(5,6)7)17(4)16(3)20(27)22(14)28;1-14-16-19(3)23(27-30(12,13)24(4,5)6)22-21-20(25(21,7)8)17-18-26(22,15-2)28-29(9,10)11;1-5-11-8-12-14-13(18(14,3)4)6-7-19(17(12)23)9-10(2)15(21)20(19,24)16(11)22;1-9-7-11-13-12(17(13,3)4)5-6-18(16(11)22)8-10(2)15(21)19(18,23)14(9)20/h14,16-17,20,22-24H,12-13,15H2,1-11H3;13,15-23,28H,12H2,1-11H3;2,16,19-23H,1,17-18H2,3-13H3;8-9,12-16,21-22,24H,5-7H2,1-4H3;7-8,11-15,20-21,23H,5-6H2,1-4H3/t17-,20-,22-,23-,24-,27+;15-,16-,17-,18-,19-,20-,21-,22+,23-,27-;19-,20-,21-,22-,23-,26-;12-,13+,14-,15-,16+,19+,20+;11-,12+,13-,14+,15-,18+,19-/m11100/s1. The molecule has 3 spiro atoms. The molecule has 0 aromatic rings. The van der Waals surface area contributed by atoms with E-state index in [1.54, 1.807) is 32.9 Å². The first-order valence-electron chi connectivity index (χ1n) is 54.7. The molecule has 11 saturated carbocycles. The first kappa shape index (κ1) is 112. The molecule has 0 aromatic carbocycles. The van der Waals surface area contributed by atoms with Gasteiger partial charge in [0.05, 0.1) is 46.3 Å². The minimum absolute atomic E-state index is 0.0125. The highest BCUT2D eigenvalue weighted by Gasteiger charge is 2.80. The summed E-state index contributed by atoms with van der Waals surface area (Å²) in [4.78, 5) is 54.5. The van der Waals surface area contributed by atoms with Crippen LogP contribution in [0.3, 0.4) is 0 Å². The summed E-state index contributed by atoms with van der Waals surface area (Å²) in [6.07, 6.45) is 26.2. The number of hydrogen-bond acceptors (Lipinski definition) is 16. The van der Waals surface area contributed by atoms with Gasteiger partial charge in [-0.2, -0.15) is 0 Å². The number of aliphatic hydroxyl groups excluding tert-OH is 5. The van der Waals surface area contributed by atoms with Crippen LogP contribution in [0.1, 0.15) is 271 Å². The van der Waals surface area contributed by atoms with Gasteiger partial charge in [0, 0.05) is 47.8 Å². The summed E-state index contributed by atoms with van der Waals surface area (Å²) >= 11 is 0. The number of aliphatic hydroxyl groups is 7. The lowest BCUT2D eigenvalue weighted by Crippen LogP contribution is -2.62. The summed E-state index contributed by atoms with van der Waals surface area (Å²) in [5.74, 6) is 9.89. The van der Waals surface area contributed by atoms with Gasteiger partial charge in [0.15, 0.2) is 58.9 Å². The van der Waals surface area contributed by atoms with Gasteiger partial charge in [-0.3, -0.25) is 19.2 Å². The Bertz CT molecular complexity index is 5210. The van der Waals surface area contributed by atoms with Crippen molar-refractivity contribution in [1.82, 2.24) is 0 Å². The second-order valence-electron chi connectivity index (χ2n) is 58.6. The molecule has 140 heavy (non-hydrogen) atoms. The molecule has 18 aliphatic rings. The minimum atomic E-state index is -2.06. The quantitative estimate of drug-likeness (QED) is 0.0369. The third kappa shape index (κ3) is 17.2. The Morgan fingerprint density at radius 3 is 1.42 bits per heavy atom. The monoisotopic (exact) mass is 2020 g/mol. The fraction of sp³-hybridized carbons (Fsp3) is 0.807. The SMILES string of the molecule is C#C[C@@]1(O[Si](C)(C)C)CC[C@@H]2[C@H]([C@@H]1[C@H](O[Si](C)(C)C(C)(C)C)[C@H](C)C=C=C)C2(C)C.CC1=C[C@@H]2C(=O)[C@]3(C=C(C)[C@H](O)[C@@]3(O)[C@@H]1O)CC[C@@H]1[C@H]2C1(C)C.CC1=C[C@]23C(=O)[C@@H]([C@H](O[Si](C)(C)C(C)(C)C)[C@H](C)[C@@H](C)[C@@H]2[C@H]1O)[C@H]1[C@@H](C[C@H]3C)C1(C)C.CCC1=C[C@@H]2C(=O)[C@]3(C=C(C)[C@H](O)[C@@]3(O)[C@@H]1O)CC[C@@H]1[C@H]2C1(C)C.C[C@@H]1C=C2CC(=O)C=C2[C@@]2(O[Si](C)(C)C)CC[C@@H]3[C@H]([C@@H]2[C@@H]1O[Si](C)(C)C(C)(C)C)C3(C)C. The van der Waals surface area contributed by atoms with Crippen molar-refractivity contribution in [2.45, 2.75) is 436 Å². The third-order valence-electron chi connectivity index (χ3n) is 43.7. The predicted octanol–water partition coefficient (Wildman–Crippen LogP) is 24.1. The second-order valence-corrected chi connectivity index (χ2v) is 81.8. The summed E-state index contributed by atoms with van der Waals surface area (Å²) in [7, 11) is -9.82. The van der Waals surface area contributed by atoms with Gasteiger partial charge >= 0.3 is 0 Å². The molecule has 16 nitrogen and oxygen atoms in total. The maximum atomic E-state index is 14.7. The Morgan fingerprint density at radius 2 is 0.943 bits per heavy atom. The molecule has 0 aromatic heterocycles. The molecule has 0 aliphatic heterocycles. The van der Waals surface area contributed by atoms with Crippen molar-refractivity contribution in [2.75, 3.05) is 0 Å². The first-order chi connectivity index (χ1) is 63.5. The van der Waals surface area contributed by atoms with Crippen molar-refractivity contribution < 1.29 is 77.1 Å². The molecule has 0 radical (unpaired) electrons. The van der Waals surface area contributed by atoms with Gasteiger partial charge in [-0.15, -0.1) is 12.2 Å². The predicted molar refractivity (Wildman–Crippen MR) is 577 cm³/mol. The fourth-order valence-corrected chi connectivity index (χ4v) is 39.5. The maximum Gasteiger partial charge on any atom is 0.192 e. The van der Waals surface area contributed by atoms with Crippen LogP contribution in [0, 0.1) is 180 Å². The molecule has 0 amide bonds. The normalized spacial score (nSPS) is 44.5. The topological polar surface area (TPSA) is 256 Å². The number of rotatable bonds is 14. The molecule has 36 atom stereocenters. The highest BCUT2D eigenvalue weighted by atomic mass is 28.4. The van der Waals surface area contributed by atoms with Gasteiger partial charge in [-0.05, 0) is 347 Å². The Hall–Kier alpha value is -3.46. The van der Waals surface area contributed by atoms with E-state index in [4.69, 9.17) is 28.6 Å². The molecule has 18 aliphatic carbocycles. The summed E-state index contributed by atoms with van der Waals surface area (Å²) < 4.78 is 35.9. The van der Waals surface area contributed by atoms with E-state index < -0.39 is 105 Å². The molecule has 18 rings (SSSR count). The lowest BCUT2D eigenvalue weighted by molar-refractivity contribution is -0.180. The zero-order chi connectivity index (χ0) is 105. The molecule has 11 fully saturated rings. The van der Waals surface area contributed by atoms with Gasteiger partial charge in [0.25, 0.3) is 0 Å². The molecular formula is C119H192O16Si5. The van der Waals surface area contributed by atoms with Gasteiger partial charge in [-0.1, -0.05) is 222 Å². The van der Waals surface area contributed by atoms with Crippen LogP contribution in [-0.4, -0.2) is 172 Å². The molecule has 21 heteroatoms. The molecular weight excluding hydrogens is 1830 g/mol. The number of ketones is 4. The van der Waals surface area contributed by atoms with E-state index >= 15 is 0 Å². The Balaban J connectivity index is 0.000000140. The van der Waals surface area contributed by atoms with Crippen LogP contribution < -0.4 is 0 Å². The van der Waals surface area contributed by atoms with Crippen molar-refractivity contribution in [3.8, 4) is 12.3 Å². The number of terminal acetylenes is 1. The summed E-state index contributed by atoms with van der Waals surface area (Å²) in [5, 5.41) is 77.7. The number of fused-ring (bicyclic) bond motifs is 15. The van der Waals surface area contributed by atoms with E-state index in [9.17, 15) is 54.9 Å². The highest BCUT2D eigenvalue weighted by Crippen LogP contribution is 2.78. The highest BCUT2D eigenvalue weighted by molar-refractivity contribution is 6.75. The Morgan fingerprint density at radius 1 is 0.507 bits per heavy atom. The molecule has 0 heterocycles. The lowest BCUT2D eigenvalue weighted by atomic mass is 9.60. The van der Waals surface area contributed by atoms with Crippen molar-refractivity contribution >= 4 is 64.7 Å². The average Bonchev–Trinajstić information content (AvgIpc) is 1.51. The van der Waals surface area contributed by atoms with Crippen LogP contribution in [0.4, 0.5) is 0 Å². The second kappa shape index (κ2) is 35.6. The molecule has 7 N–H and O–H groups in total. The number of carbonyl (C=O) groups is 4. The third-order valence-corrected chi connectivity index (χ3v) is 59.1. The lowest BCUT2D eigenvalue weighted by Gasteiger charge is -2.53.